The number of ketones is 2. The lowest BCUT2D eigenvalue weighted by Gasteiger charge is -2.19. The second kappa shape index (κ2) is 14.0. The van der Waals surface area contributed by atoms with Crippen molar-refractivity contribution < 1.29 is 14.7 Å². The Hall–Kier alpha value is -2.16. The zero-order valence-electron chi connectivity index (χ0n) is 19.5. The maximum absolute atomic E-state index is 12.8. The van der Waals surface area contributed by atoms with Gasteiger partial charge in [-0.3, -0.25) is 9.59 Å². The molecule has 1 aliphatic rings. The summed E-state index contributed by atoms with van der Waals surface area (Å²) in [6.07, 6.45) is 21.3. The van der Waals surface area contributed by atoms with Crippen molar-refractivity contribution in [1.29, 1.82) is 0 Å². The number of Topliss-reactive ketones (excluding diaryl/α,β-unsaturated/α-hetero) is 2. The van der Waals surface area contributed by atoms with Crippen molar-refractivity contribution in [1.82, 2.24) is 0 Å². The molecule has 0 atom stereocenters. The minimum absolute atomic E-state index is 0.0922. The minimum atomic E-state index is -0.180. The van der Waals surface area contributed by atoms with Gasteiger partial charge >= 0.3 is 0 Å². The molecule has 3 heteroatoms. The van der Waals surface area contributed by atoms with E-state index in [0.29, 0.717) is 23.1 Å². The first-order chi connectivity index (χ1) is 15.1. The molecule has 1 aromatic carbocycles. The summed E-state index contributed by atoms with van der Waals surface area (Å²) in [6.45, 7) is 3.99. The van der Waals surface area contributed by atoms with Gasteiger partial charge in [0.25, 0.3) is 0 Å². The van der Waals surface area contributed by atoms with Gasteiger partial charge in [-0.2, -0.15) is 0 Å². The predicted molar refractivity (Wildman–Crippen MR) is 129 cm³/mol. The number of carbonyl (C=O) groups excluding carboxylic acids is 2. The molecule has 0 spiro atoms. The molecule has 0 saturated carbocycles. The van der Waals surface area contributed by atoms with Crippen molar-refractivity contribution in [3.05, 3.63) is 52.6 Å². The molecule has 1 N–H and O–H groups in total. The molecular weight excluding hydrogens is 384 g/mol. The van der Waals surface area contributed by atoms with Crippen LogP contribution in [-0.4, -0.2) is 16.7 Å². The summed E-state index contributed by atoms with van der Waals surface area (Å²) in [5, 5.41) is 10.1. The van der Waals surface area contributed by atoms with E-state index in [-0.39, 0.29) is 22.9 Å². The van der Waals surface area contributed by atoms with Gasteiger partial charge in [0.15, 0.2) is 11.6 Å². The molecule has 0 amide bonds. The molecule has 0 aliphatic heterocycles. The number of aromatic hydroxyl groups is 1. The molecule has 0 aromatic heterocycles. The van der Waals surface area contributed by atoms with Gasteiger partial charge in [0, 0.05) is 16.7 Å². The van der Waals surface area contributed by atoms with E-state index in [2.05, 4.69) is 19.1 Å². The Morgan fingerprint density at radius 1 is 0.774 bits per heavy atom. The third-order valence-corrected chi connectivity index (χ3v) is 6.27. The number of carbonyl (C=O) groups is 2. The van der Waals surface area contributed by atoms with Crippen LogP contribution in [0.15, 0.2) is 41.5 Å². The van der Waals surface area contributed by atoms with Crippen molar-refractivity contribution >= 4 is 11.6 Å². The Labute approximate surface area is 188 Å². The van der Waals surface area contributed by atoms with Crippen LogP contribution in [0.4, 0.5) is 0 Å². The van der Waals surface area contributed by atoms with Gasteiger partial charge in [0.05, 0.1) is 5.56 Å². The summed E-state index contributed by atoms with van der Waals surface area (Å²) in [7, 11) is 0. The Bertz CT molecular complexity index is 785. The highest BCUT2D eigenvalue weighted by molar-refractivity contribution is 6.27. The fraction of sp³-hybridized carbons (Fsp3) is 0.571. The van der Waals surface area contributed by atoms with Crippen LogP contribution in [0.3, 0.4) is 0 Å². The third kappa shape index (κ3) is 7.79. The monoisotopic (exact) mass is 424 g/mol. The number of hydrogen-bond donors (Lipinski definition) is 1. The smallest absolute Gasteiger partial charge is 0.193 e. The third-order valence-electron chi connectivity index (χ3n) is 6.27. The highest BCUT2D eigenvalue weighted by atomic mass is 16.3. The topological polar surface area (TPSA) is 54.4 Å². The number of phenolic OH excluding ortho intramolecular Hbond substituents is 1. The lowest BCUT2D eigenvalue weighted by molar-refractivity contribution is 0.0969. The molecule has 31 heavy (non-hydrogen) atoms. The van der Waals surface area contributed by atoms with Gasteiger partial charge in [-0.1, -0.05) is 82.6 Å². The van der Waals surface area contributed by atoms with E-state index in [1.165, 1.54) is 63.9 Å². The molecule has 2 rings (SSSR count). The summed E-state index contributed by atoms with van der Waals surface area (Å²) >= 11 is 0. The van der Waals surface area contributed by atoms with Crippen LogP contribution in [-0.2, 0) is 0 Å². The van der Waals surface area contributed by atoms with E-state index in [0.717, 1.165) is 25.7 Å². The van der Waals surface area contributed by atoms with E-state index in [1.807, 2.05) is 0 Å². The Balaban J connectivity index is 1.58. The average molecular weight is 425 g/mol. The average Bonchev–Trinajstić information content (AvgIpc) is 2.76. The van der Waals surface area contributed by atoms with Gasteiger partial charge < -0.3 is 5.11 Å². The number of phenols is 1. The SMILES string of the molecule is CCCCCCCC/C=C\CCCCCCCC1=C(C)C(=O)c2cccc(O)c2C1=O. The molecule has 0 unspecified atom stereocenters. The number of benzene rings is 1. The van der Waals surface area contributed by atoms with Crippen molar-refractivity contribution in [3.8, 4) is 5.75 Å². The van der Waals surface area contributed by atoms with E-state index in [9.17, 15) is 14.7 Å². The molecule has 1 aromatic rings. The van der Waals surface area contributed by atoms with E-state index in [4.69, 9.17) is 0 Å². The van der Waals surface area contributed by atoms with Crippen molar-refractivity contribution in [2.45, 2.75) is 104 Å². The molecule has 170 valence electrons. The van der Waals surface area contributed by atoms with E-state index < -0.39 is 0 Å². The van der Waals surface area contributed by atoms with Gasteiger partial charge in [-0.15, -0.1) is 0 Å². The van der Waals surface area contributed by atoms with Crippen molar-refractivity contribution in [2.75, 3.05) is 0 Å². The highest BCUT2D eigenvalue weighted by Gasteiger charge is 2.31. The molecule has 1 aliphatic carbocycles. The second-order valence-electron chi connectivity index (χ2n) is 8.80. The van der Waals surface area contributed by atoms with Gasteiger partial charge in [-0.25, -0.2) is 0 Å². The lowest BCUT2D eigenvalue weighted by atomic mass is 9.82. The molecule has 0 bridgehead atoms. The zero-order chi connectivity index (χ0) is 22.5. The van der Waals surface area contributed by atoms with E-state index >= 15 is 0 Å². The van der Waals surface area contributed by atoms with Crippen LogP contribution in [0, 0.1) is 0 Å². The highest BCUT2D eigenvalue weighted by Crippen LogP contribution is 2.33. The van der Waals surface area contributed by atoms with Crippen LogP contribution >= 0.6 is 0 Å². The molecule has 0 heterocycles. The Kier molecular flexibility index (Phi) is 11.3. The van der Waals surface area contributed by atoms with Gasteiger partial charge in [0.1, 0.15) is 5.75 Å². The zero-order valence-corrected chi connectivity index (χ0v) is 19.5. The lowest BCUT2D eigenvalue weighted by Crippen LogP contribution is -2.21. The first kappa shape index (κ1) is 25.1. The summed E-state index contributed by atoms with van der Waals surface area (Å²) in [6, 6.07) is 4.71. The fourth-order valence-corrected chi connectivity index (χ4v) is 4.30. The van der Waals surface area contributed by atoms with Crippen LogP contribution in [0.25, 0.3) is 0 Å². The Morgan fingerprint density at radius 3 is 2.00 bits per heavy atom. The van der Waals surface area contributed by atoms with Crippen molar-refractivity contribution in [2.24, 2.45) is 0 Å². The standard InChI is InChI=1S/C28H40O3/c1-3-4-5-6-7-8-9-10-11-12-13-14-15-16-17-19-23-22(2)27(30)24-20-18-21-25(29)26(24)28(23)31/h10-11,18,20-21,29H,3-9,12-17,19H2,1-2H3/b11-10-. The number of hydrogen-bond acceptors (Lipinski definition) is 3. The molecule has 0 saturated heterocycles. The largest absolute Gasteiger partial charge is 0.507 e. The van der Waals surface area contributed by atoms with Gasteiger partial charge in [-0.05, 0) is 51.5 Å². The predicted octanol–water partition coefficient (Wildman–Crippen LogP) is 8.13. The number of rotatable bonds is 15. The van der Waals surface area contributed by atoms with Crippen molar-refractivity contribution in [3.63, 3.8) is 0 Å². The number of fused-ring (bicyclic) bond motifs is 1. The summed E-state index contributed by atoms with van der Waals surface area (Å²) in [4.78, 5) is 25.4. The fourth-order valence-electron chi connectivity index (χ4n) is 4.30. The van der Waals surface area contributed by atoms with Crippen LogP contribution in [0.1, 0.15) is 124 Å². The Morgan fingerprint density at radius 2 is 1.35 bits per heavy atom. The summed E-state index contributed by atoms with van der Waals surface area (Å²) < 4.78 is 0. The summed E-state index contributed by atoms with van der Waals surface area (Å²) in [5.41, 5.74) is 1.63. The quantitative estimate of drug-likeness (QED) is 0.228. The molecule has 0 radical (unpaired) electrons. The van der Waals surface area contributed by atoms with Crippen LogP contribution in [0.2, 0.25) is 0 Å². The first-order valence-corrected chi connectivity index (χ1v) is 12.3. The molecule has 3 nitrogen and oxygen atoms in total. The van der Waals surface area contributed by atoms with E-state index in [1.54, 1.807) is 19.1 Å². The first-order valence-electron chi connectivity index (χ1n) is 12.3. The normalized spacial score (nSPS) is 14.0. The van der Waals surface area contributed by atoms with Gasteiger partial charge in [0.2, 0.25) is 0 Å². The number of unbranched alkanes of at least 4 members (excludes halogenated alkanes) is 11. The van der Waals surface area contributed by atoms with Crippen LogP contribution in [0.5, 0.6) is 5.75 Å². The maximum atomic E-state index is 12.8. The number of allylic oxidation sites excluding steroid dienone is 4. The maximum Gasteiger partial charge on any atom is 0.193 e. The molecular formula is C28H40O3. The summed E-state index contributed by atoms with van der Waals surface area (Å²) in [5.74, 6) is -0.403. The minimum Gasteiger partial charge on any atom is -0.507 e. The van der Waals surface area contributed by atoms with Crippen LogP contribution < -0.4 is 0 Å². The molecule has 0 fully saturated rings. The second-order valence-corrected chi connectivity index (χ2v) is 8.80.